The molecule has 0 spiro atoms. The molecule has 0 bridgehead atoms. The molecule has 1 unspecified atom stereocenters. The van der Waals surface area contributed by atoms with Crippen LogP contribution in [0.2, 0.25) is 0 Å². The van der Waals surface area contributed by atoms with Crippen LogP contribution in [0.3, 0.4) is 0 Å². The van der Waals surface area contributed by atoms with E-state index >= 15 is 0 Å². The summed E-state index contributed by atoms with van der Waals surface area (Å²) in [4.78, 5) is 38.3. The van der Waals surface area contributed by atoms with Crippen molar-refractivity contribution < 1.29 is 28.6 Å². The first-order valence-electron chi connectivity index (χ1n) is 31.9. The number of carbonyl (C=O) groups excluding carboxylic acids is 3. The summed E-state index contributed by atoms with van der Waals surface area (Å²) in [5.74, 6) is -0.888. The summed E-state index contributed by atoms with van der Waals surface area (Å²) in [6, 6.07) is 0. The molecule has 0 N–H and O–H groups in total. The highest BCUT2D eigenvalue weighted by atomic mass is 16.6. The monoisotopic (exact) mass is 1030 g/mol. The molecule has 0 heterocycles. The molecule has 0 aliphatic rings. The zero-order valence-electron chi connectivity index (χ0n) is 49.1. The van der Waals surface area contributed by atoms with Gasteiger partial charge in [0.15, 0.2) is 6.10 Å². The van der Waals surface area contributed by atoms with E-state index in [2.05, 4.69) is 93.7 Å². The van der Waals surface area contributed by atoms with Crippen LogP contribution in [0.25, 0.3) is 0 Å². The predicted octanol–water partition coefficient (Wildman–Crippen LogP) is 21.7. The van der Waals surface area contributed by atoms with E-state index in [-0.39, 0.29) is 31.1 Å². The Morgan fingerprint density at radius 1 is 0.284 bits per heavy atom. The number of esters is 3. The molecule has 6 heteroatoms. The molecule has 0 aliphatic heterocycles. The van der Waals surface area contributed by atoms with E-state index in [9.17, 15) is 14.4 Å². The Bertz CT molecular complexity index is 1370. The zero-order valence-corrected chi connectivity index (χ0v) is 49.1. The van der Waals surface area contributed by atoms with Crippen molar-refractivity contribution in [3.8, 4) is 0 Å². The third kappa shape index (κ3) is 59.7. The highest BCUT2D eigenvalue weighted by Crippen LogP contribution is 2.17. The molecule has 0 saturated carbocycles. The lowest BCUT2D eigenvalue weighted by Crippen LogP contribution is -2.30. The minimum atomic E-state index is -0.785. The van der Waals surface area contributed by atoms with Crippen LogP contribution in [0, 0.1) is 0 Å². The third-order valence-electron chi connectivity index (χ3n) is 13.9. The highest BCUT2D eigenvalue weighted by molar-refractivity contribution is 5.71. The van der Waals surface area contributed by atoms with Gasteiger partial charge in [0.05, 0.1) is 0 Å². The quantitative estimate of drug-likeness (QED) is 0.0261. The fourth-order valence-electron chi connectivity index (χ4n) is 9.18. The Balaban J connectivity index is 4.32. The molecule has 0 radical (unpaired) electrons. The van der Waals surface area contributed by atoms with Gasteiger partial charge in [0.1, 0.15) is 13.2 Å². The van der Waals surface area contributed by atoms with Gasteiger partial charge in [-0.15, -0.1) is 0 Å². The van der Waals surface area contributed by atoms with Gasteiger partial charge < -0.3 is 14.2 Å². The van der Waals surface area contributed by atoms with Crippen molar-refractivity contribution in [2.45, 2.75) is 329 Å². The molecule has 74 heavy (non-hydrogen) atoms. The van der Waals surface area contributed by atoms with Crippen LogP contribution >= 0.6 is 0 Å². The molecule has 1 atom stereocenters. The van der Waals surface area contributed by atoms with Crippen molar-refractivity contribution in [2.75, 3.05) is 13.2 Å². The van der Waals surface area contributed by atoms with Crippen LogP contribution in [0.1, 0.15) is 323 Å². The van der Waals surface area contributed by atoms with Crippen LogP contribution in [0.5, 0.6) is 0 Å². The van der Waals surface area contributed by atoms with Crippen molar-refractivity contribution in [1.29, 1.82) is 0 Å². The van der Waals surface area contributed by atoms with Crippen LogP contribution in [-0.2, 0) is 28.6 Å². The standard InChI is InChI=1S/C68H120O6/c1-4-7-10-13-16-19-22-25-27-29-31-33-35-36-38-40-43-46-49-52-55-58-61-67(70)73-64-65(63-72-66(69)60-57-54-51-48-45-42-24-21-18-15-12-9-6-3)74-68(71)62-59-56-53-50-47-44-41-39-37-34-32-30-28-26-23-20-17-14-11-8-5-2/h8,11-12,15,17,20-21,24,26,28,32,34,65H,4-7,9-10,13-14,16,18-19,22-23,25,27,29-31,33,35-64H2,1-3H3/b11-8-,15-12-,20-17-,24-21-,28-26-,34-32-. The summed E-state index contributed by atoms with van der Waals surface area (Å²) in [7, 11) is 0. The largest absolute Gasteiger partial charge is 0.462 e. The molecular formula is C68H120O6. The maximum atomic E-state index is 12.9. The Kier molecular flexibility index (Phi) is 59.7. The van der Waals surface area contributed by atoms with Crippen molar-refractivity contribution in [3.05, 3.63) is 72.9 Å². The Morgan fingerprint density at radius 2 is 0.554 bits per heavy atom. The van der Waals surface area contributed by atoms with E-state index in [4.69, 9.17) is 14.2 Å². The lowest BCUT2D eigenvalue weighted by atomic mass is 10.0. The molecule has 428 valence electrons. The number of hydrogen-bond donors (Lipinski definition) is 0. The molecule has 0 fully saturated rings. The smallest absolute Gasteiger partial charge is 0.306 e. The Labute approximate surface area is 459 Å². The van der Waals surface area contributed by atoms with Crippen LogP contribution in [-0.4, -0.2) is 37.2 Å². The average molecular weight is 1030 g/mol. The number of unbranched alkanes of at least 4 members (excludes halogenated alkanes) is 35. The normalized spacial score (nSPS) is 12.5. The molecule has 0 aromatic heterocycles. The van der Waals surface area contributed by atoms with Crippen molar-refractivity contribution >= 4 is 17.9 Å². The third-order valence-corrected chi connectivity index (χ3v) is 13.9. The summed E-state index contributed by atoms with van der Waals surface area (Å²) in [5, 5.41) is 0. The molecule has 0 aliphatic carbocycles. The lowest BCUT2D eigenvalue weighted by molar-refractivity contribution is -0.167. The van der Waals surface area contributed by atoms with E-state index in [0.29, 0.717) is 19.3 Å². The topological polar surface area (TPSA) is 78.9 Å². The summed E-state index contributed by atoms with van der Waals surface area (Å²) < 4.78 is 16.9. The maximum absolute atomic E-state index is 12.9. The van der Waals surface area contributed by atoms with Gasteiger partial charge in [-0.05, 0) is 83.5 Å². The van der Waals surface area contributed by atoms with E-state index in [1.165, 1.54) is 167 Å². The first kappa shape index (κ1) is 70.8. The summed E-state index contributed by atoms with van der Waals surface area (Å²) >= 11 is 0. The highest BCUT2D eigenvalue weighted by Gasteiger charge is 2.19. The first-order chi connectivity index (χ1) is 36.5. The van der Waals surface area contributed by atoms with E-state index in [1.54, 1.807) is 0 Å². The second-order valence-corrected chi connectivity index (χ2v) is 21.3. The van der Waals surface area contributed by atoms with Gasteiger partial charge in [0, 0.05) is 19.3 Å². The SMILES string of the molecule is CC/C=C\C/C=C\C/C=C\C/C=C\CCCCCCCCCCC(=O)OC(COC(=O)CCCCCCC/C=C\C/C=C\CCC)COC(=O)CCCCCCCCCCCCCCCCCCCCCCCC. The zero-order chi connectivity index (χ0) is 53.6. The second kappa shape index (κ2) is 62.4. The molecule has 0 amide bonds. The first-order valence-corrected chi connectivity index (χ1v) is 31.9. The molecule has 0 saturated heterocycles. The van der Waals surface area contributed by atoms with Gasteiger partial charge in [0.25, 0.3) is 0 Å². The fraction of sp³-hybridized carbons (Fsp3) is 0.779. The molecule has 0 aromatic carbocycles. The number of rotatable bonds is 58. The lowest BCUT2D eigenvalue weighted by Gasteiger charge is -2.18. The van der Waals surface area contributed by atoms with Crippen molar-refractivity contribution in [3.63, 3.8) is 0 Å². The average Bonchev–Trinajstić information content (AvgIpc) is 3.40. The van der Waals surface area contributed by atoms with Crippen LogP contribution < -0.4 is 0 Å². The van der Waals surface area contributed by atoms with Crippen molar-refractivity contribution in [2.24, 2.45) is 0 Å². The van der Waals surface area contributed by atoms with E-state index in [0.717, 1.165) is 116 Å². The van der Waals surface area contributed by atoms with Crippen LogP contribution in [0.15, 0.2) is 72.9 Å². The minimum absolute atomic E-state index is 0.0804. The summed E-state index contributed by atoms with van der Waals surface area (Å²) in [5.41, 5.74) is 0. The Morgan fingerprint density at radius 3 is 0.878 bits per heavy atom. The molecule has 6 nitrogen and oxygen atoms in total. The van der Waals surface area contributed by atoms with E-state index < -0.39 is 6.10 Å². The number of hydrogen-bond acceptors (Lipinski definition) is 6. The molecule has 0 aromatic rings. The van der Waals surface area contributed by atoms with Gasteiger partial charge in [-0.1, -0.05) is 293 Å². The predicted molar refractivity (Wildman–Crippen MR) is 321 cm³/mol. The van der Waals surface area contributed by atoms with Gasteiger partial charge >= 0.3 is 17.9 Å². The second-order valence-electron chi connectivity index (χ2n) is 21.3. The fourth-order valence-corrected chi connectivity index (χ4v) is 9.18. The molecular weight excluding hydrogens is 913 g/mol. The van der Waals surface area contributed by atoms with Crippen molar-refractivity contribution in [1.82, 2.24) is 0 Å². The van der Waals surface area contributed by atoms with Gasteiger partial charge in [0.2, 0.25) is 0 Å². The van der Waals surface area contributed by atoms with Gasteiger partial charge in [-0.3, -0.25) is 14.4 Å². The van der Waals surface area contributed by atoms with Gasteiger partial charge in [-0.2, -0.15) is 0 Å². The number of allylic oxidation sites excluding steroid dienone is 12. The number of carbonyl (C=O) groups is 3. The summed E-state index contributed by atoms with van der Waals surface area (Å²) in [6.07, 6.45) is 80.5. The van der Waals surface area contributed by atoms with Gasteiger partial charge in [-0.25, -0.2) is 0 Å². The minimum Gasteiger partial charge on any atom is -0.462 e. The number of ether oxygens (including phenoxy) is 3. The maximum Gasteiger partial charge on any atom is 0.306 e. The Hall–Kier alpha value is -3.15. The van der Waals surface area contributed by atoms with E-state index in [1.807, 2.05) is 0 Å². The molecule has 0 rings (SSSR count). The van der Waals surface area contributed by atoms with Crippen LogP contribution in [0.4, 0.5) is 0 Å². The summed E-state index contributed by atoms with van der Waals surface area (Å²) in [6.45, 7) is 6.49.